The lowest BCUT2D eigenvalue weighted by Crippen LogP contribution is -2.14. The number of ether oxygens (including phenoxy) is 1. The van der Waals surface area contributed by atoms with E-state index in [4.69, 9.17) is 4.74 Å². The van der Waals surface area contributed by atoms with Gasteiger partial charge in [0, 0.05) is 11.8 Å². The van der Waals surface area contributed by atoms with Crippen molar-refractivity contribution in [1.29, 1.82) is 0 Å². The molecule has 140 valence electrons. The molecular weight excluding hydrogens is 376 g/mol. The molecule has 0 bridgehead atoms. The lowest BCUT2D eigenvalue weighted by atomic mass is 10.3. The van der Waals surface area contributed by atoms with Gasteiger partial charge >= 0.3 is 0 Å². The van der Waals surface area contributed by atoms with Crippen molar-refractivity contribution >= 4 is 34.5 Å². The Hall–Kier alpha value is -3.46. The van der Waals surface area contributed by atoms with Gasteiger partial charge in [-0.3, -0.25) is 4.79 Å². The first-order chi connectivity index (χ1) is 13.7. The van der Waals surface area contributed by atoms with Gasteiger partial charge in [0.05, 0.1) is 18.6 Å². The highest BCUT2D eigenvalue weighted by Gasteiger charge is 2.14. The number of nitrogens with zero attached hydrogens (tertiary/aromatic N) is 5. The fraction of sp³-hybridized carbons (Fsp3) is 0.105. The number of amides is 1. The van der Waals surface area contributed by atoms with E-state index in [0.717, 1.165) is 5.69 Å². The Labute approximate surface area is 165 Å². The maximum atomic E-state index is 12.3. The quantitative estimate of drug-likeness (QED) is 0.398. The first kappa shape index (κ1) is 17.9. The zero-order valence-electron chi connectivity index (χ0n) is 14.9. The third-order valence-electron chi connectivity index (χ3n) is 3.90. The smallest absolute Gasteiger partial charge is 0.234 e. The minimum Gasteiger partial charge on any atom is -0.497 e. The largest absolute Gasteiger partial charge is 0.497 e. The van der Waals surface area contributed by atoms with Crippen molar-refractivity contribution in [3.63, 3.8) is 0 Å². The Bertz CT molecular complexity index is 1120. The summed E-state index contributed by atoms with van der Waals surface area (Å²) in [4.78, 5) is 20.8. The maximum absolute atomic E-state index is 12.3. The van der Waals surface area contributed by atoms with E-state index in [1.165, 1.54) is 18.1 Å². The summed E-state index contributed by atoms with van der Waals surface area (Å²) in [5, 5.41) is 11.8. The Morgan fingerprint density at radius 3 is 2.82 bits per heavy atom. The third kappa shape index (κ3) is 3.79. The van der Waals surface area contributed by atoms with E-state index >= 15 is 0 Å². The van der Waals surface area contributed by atoms with Gasteiger partial charge in [-0.25, -0.2) is 9.97 Å². The third-order valence-corrected chi connectivity index (χ3v) is 4.88. The van der Waals surface area contributed by atoms with Crippen LogP contribution in [0.15, 0.2) is 66.0 Å². The molecule has 2 aromatic carbocycles. The van der Waals surface area contributed by atoms with Gasteiger partial charge in [0.25, 0.3) is 0 Å². The van der Waals surface area contributed by atoms with Gasteiger partial charge in [0.15, 0.2) is 11.2 Å². The summed E-state index contributed by atoms with van der Waals surface area (Å²) in [6.45, 7) is 0. The predicted octanol–water partition coefficient (Wildman–Crippen LogP) is 2.95. The average molecular weight is 392 g/mol. The molecule has 4 aromatic rings. The molecule has 9 heteroatoms. The number of benzene rings is 2. The topological polar surface area (TPSA) is 94.8 Å². The summed E-state index contributed by atoms with van der Waals surface area (Å²) in [6, 6.07) is 16.8. The van der Waals surface area contributed by atoms with Crippen LogP contribution in [0.5, 0.6) is 5.75 Å². The highest BCUT2D eigenvalue weighted by molar-refractivity contribution is 8.00. The highest BCUT2D eigenvalue weighted by atomic mass is 32.2. The summed E-state index contributed by atoms with van der Waals surface area (Å²) in [5.74, 6) is 0.711. The minimum absolute atomic E-state index is 0.152. The van der Waals surface area contributed by atoms with Crippen LogP contribution >= 0.6 is 11.8 Å². The van der Waals surface area contributed by atoms with Crippen molar-refractivity contribution < 1.29 is 9.53 Å². The molecule has 0 saturated heterocycles. The Balaban J connectivity index is 1.49. The molecule has 2 aromatic heterocycles. The second-order valence-corrected chi connectivity index (χ2v) is 6.72. The fourth-order valence-corrected chi connectivity index (χ4v) is 3.34. The van der Waals surface area contributed by atoms with Crippen LogP contribution in [-0.2, 0) is 4.79 Å². The average Bonchev–Trinajstić information content (AvgIpc) is 3.18. The van der Waals surface area contributed by atoms with Crippen LogP contribution in [0, 0.1) is 0 Å². The summed E-state index contributed by atoms with van der Waals surface area (Å²) in [5.41, 5.74) is 2.69. The van der Waals surface area contributed by atoms with Gasteiger partial charge in [0.1, 0.15) is 17.1 Å². The van der Waals surface area contributed by atoms with Crippen LogP contribution in [0.25, 0.3) is 16.9 Å². The maximum Gasteiger partial charge on any atom is 0.234 e. The Kier molecular flexibility index (Phi) is 5.16. The van der Waals surface area contributed by atoms with E-state index in [-0.39, 0.29) is 11.7 Å². The molecule has 0 fully saturated rings. The normalized spacial score (nSPS) is 10.8. The molecular formula is C19H16N6O2S. The summed E-state index contributed by atoms with van der Waals surface area (Å²) >= 11 is 1.29. The van der Waals surface area contributed by atoms with Gasteiger partial charge in [-0.05, 0) is 24.3 Å². The number of rotatable bonds is 6. The molecule has 0 aliphatic rings. The molecule has 0 aliphatic heterocycles. The number of aromatic nitrogens is 5. The van der Waals surface area contributed by atoms with Gasteiger partial charge in [0.2, 0.25) is 5.91 Å². The number of fused-ring (bicyclic) bond motifs is 1. The van der Waals surface area contributed by atoms with Gasteiger partial charge in [-0.15, -0.1) is 5.10 Å². The molecule has 0 aliphatic carbocycles. The lowest BCUT2D eigenvalue weighted by molar-refractivity contribution is -0.113. The highest BCUT2D eigenvalue weighted by Crippen LogP contribution is 2.24. The Morgan fingerprint density at radius 2 is 2.00 bits per heavy atom. The molecule has 1 N–H and O–H groups in total. The number of carbonyl (C=O) groups excluding carboxylic acids is 1. The number of nitrogens with one attached hydrogen (secondary N) is 1. The van der Waals surface area contributed by atoms with Gasteiger partial charge < -0.3 is 10.1 Å². The molecule has 28 heavy (non-hydrogen) atoms. The van der Waals surface area contributed by atoms with Crippen LogP contribution in [0.4, 0.5) is 5.69 Å². The number of hydrogen-bond acceptors (Lipinski definition) is 7. The number of carbonyl (C=O) groups is 1. The first-order valence-electron chi connectivity index (χ1n) is 8.43. The second kappa shape index (κ2) is 8.05. The van der Waals surface area contributed by atoms with E-state index in [2.05, 4.69) is 25.6 Å². The van der Waals surface area contributed by atoms with Crippen LogP contribution < -0.4 is 10.1 Å². The molecule has 0 saturated carbocycles. The second-order valence-electron chi connectivity index (χ2n) is 5.76. The van der Waals surface area contributed by atoms with Crippen LogP contribution in [-0.4, -0.2) is 43.7 Å². The van der Waals surface area contributed by atoms with Crippen molar-refractivity contribution in [2.45, 2.75) is 5.03 Å². The van der Waals surface area contributed by atoms with Crippen LogP contribution in [0.2, 0.25) is 0 Å². The molecule has 0 atom stereocenters. The van der Waals surface area contributed by atoms with E-state index < -0.39 is 0 Å². The van der Waals surface area contributed by atoms with E-state index in [1.807, 2.05) is 42.5 Å². The minimum atomic E-state index is -0.152. The van der Waals surface area contributed by atoms with E-state index in [9.17, 15) is 4.79 Å². The molecule has 4 rings (SSSR count). The number of hydrogen-bond donors (Lipinski definition) is 1. The molecule has 0 radical (unpaired) electrons. The van der Waals surface area contributed by atoms with Crippen molar-refractivity contribution in [1.82, 2.24) is 25.0 Å². The predicted molar refractivity (Wildman–Crippen MR) is 107 cm³/mol. The van der Waals surface area contributed by atoms with E-state index in [0.29, 0.717) is 27.6 Å². The monoisotopic (exact) mass is 392 g/mol. The molecule has 0 spiro atoms. The SMILES string of the molecule is COc1cccc(NC(=O)CSc2ncnc3c2nnn3-c2ccccc2)c1. The molecule has 0 unspecified atom stereocenters. The molecule has 1 amide bonds. The molecule has 8 nitrogen and oxygen atoms in total. The van der Waals surface area contributed by atoms with Gasteiger partial charge in [-0.2, -0.15) is 4.68 Å². The zero-order chi connectivity index (χ0) is 19.3. The van der Waals surface area contributed by atoms with E-state index in [1.54, 1.807) is 23.9 Å². The van der Waals surface area contributed by atoms with Gasteiger partial charge in [-0.1, -0.05) is 41.2 Å². The number of para-hydroxylation sites is 1. The van der Waals surface area contributed by atoms with Crippen molar-refractivity contribution in [3.05, 3.63) is 60.9 Å². The molecule has 2 heterocycles. The summed E-state index contributed by atoms with van der Waals surface area (Å²) < 4.78 is 6.81. The lowest BCUT2D eigenvalue weighted by Gasteiger charge is -2.07. The van der Waals surface area contributed by atoms with Crippen molar-refractivity contribution in [3.8, 4) is 11.4 Å². The van der Waals surface area contributed by atoms with Crippen molar-refractivity contribution in [2.75, 3.05) is 18.2 Å². The summed E-state index contributed by atoms with van der Waals surface area (Å²) in [6.07, 6.45) is 1.45. The zero-order valence-corrected chi connectivity index (χ0v) is 15.8. The van der Waals surface area contributed by atoms with Crippen LogP contribution in [0.3, 0.4) is 0 Å². The summed E-state index contributed by atoms with van der Waals surface area (Å²) in [7, 11) is 1.58. The van der Waals surface area contributed by atoms with Crippen LogP contribution in [0.1, 0.15) is 0 Å². The number of thioether (sulfide) groups is 1. The number of anilines is 1. The first-order valence-corrected chi connectivity index (χ1v) is 9.41. The number of methoxy groups -OCH3 is 1. The standard InChI is InChI=1S/C19H16N6O2S/c1-27-15-9-5-6-13(10-15)22-16(26)11-28-19-17-18(20-12-21-19)25(24-23-17)14-7-3-2-4-8-14/h2-10,12H,11H2,1H3,(H,22,26). The fourth-order valence-electron chi connectivity index (χ4n) is 2.61. The Morgan fingerprint density at radius 1 is 1.14 bits per heavy atom. The van der Waals surface area contributed by atoms with Crippen molar-refractivity contribution in [2.24, 2.45) is 0 Å².